The lowest BCUT2D eigenvalue weighted by Crippen LogP contribution is -2.36. The van der Waals surface area contributed by atoms with Crippen LogP contribution in [0.4, 0.5) is 0 Å². The second-order valence-electron chi connectivity index (χ2n) is 7.67. The van der Waals surface area contributed by atoms with Gasteiger partial charge >= 0.3 is 0 Å². The van der Waals surface area contributed by atoms with E-state index >= 15 is 0 Å². The quantitative estimate of drug-likeness (QED) is 0.858. The Kier molecular flexibility index (Phi) is 5.81. The number of amides is 1. The number of piperidine rings is 1. The van der Waals surface area contributed by atoms with Crippen molar-refractivity contribution in [2.24, 2.45) is 0 Å². The lowest BCUT2D eigenvalue weighted by atomic mass is 10.0. The molecule has 2 heterocycles. The third-order valence-electron chi connectivity index (χ3n) is 5.61. The van der Waals surface area contributed by atoms with Crippen LogP contribution in [0.5, 0.6) is 11.5 Å². The van der Waals surface area contributed by atoms with E-state index in [9.17, 15) is 4.79 Å². The van der Waals surface area contributed by atoms with Crippen LogP contribution < -0.4 is 14.8 Å². The summed E-state index contributed by atoms with van der Waals surface area (Å²) in [5, 5.41) is 2.98. The number of ether oxygens (including phenoxy) is 2. The first-order valence-electron chi connectivity index (χ1n) is 10.2. The zero-order valence-electron chi connectivity index (χ0n) is 16.4. The van der Waals surface area contributed by atoms with Crippen molar-refractivity contribution in [3.63, 3.8) is 0 Å². The van der Waals surface area contributed by atoms with Crippen molar-refractivity contribution < 1.29 is 14.3 Å². The number of nitrogens with zero attached hydrogens (tertiary/aromatic N) is 1. The molecule has 0 spiro atoms. The van der Waals surface area contributed by atoms with Crippen LogP contribution in [0.3, 0.4) is 0 Å². The molecule has 2 aliphatic rings. The number of likely N-dealkylation sites (tertiary alicyclic amines) is 1. The van der Waals surface area contributed by atoms with E-state index in [0.717, 1.165) is 12.1 Å². The average Bonchev–Trinajstić information content (AvgIpc) is 2.74. The predicted octanol–water partition coefficient (Wildman–Crippen LogP) is 3.76. The fourth-order valence-electron chi connectivity index (χ4n) is 3.86. The summed E-state index contributed by atoms with van der Waals surface area (Å²) < 4.78 is 11.1. The van der Waals surface area contributed by atoms with Crippen molar-refractivity contribution >= 4 is 5.91 Å². The SMILES string of the molecule is CC1CCCCN1Cc1ccc(CNC(=O)c2ccc3c(c2)OCCO3)cc1. The summed E-state index contributed by atoms with van der Waals surface area (Å²) in [6.45, 7) is 6.08. The van der Waals surface area contributed by atoms with Gasteiger partial charge in [0.05, 0.1) is 0 Å². The average molecular weight is 380 g/mol. The van der Waals surface area contributed by atoms with E-state index in [1.54, 1.807) is 18.2 Å². The summed E-state index contributed by atoms with van der Waals surface area (Å²) in [4.78, 5) is 15.0. The molecular weight excluding hydrogens is 352 g/mol. The van der Waals surface area contributed by atoms with Crippen molar-refractivity contribution in [2.45, 2.75) is 45.3 Å². The molecule has 148 valence electrons. The second kappa shape index (κ2) is 8.65. The number of nitrogens with one attached hydrogen (secondary N) is 1. The van der Waals surface area contributed by atoms with E-state index in [1.807, 2.05) is 0 Å². The zero-order valence-corrected chi connectivity index (χ0v) is 16.4. The van der Waals surface area contributed by atoms with Gasteiger partial charge in [-0.25, -0.2) is 0 Å². The molecule has 1 amide bonds. The van der Waals surface area contributed by atoms with Crippen LogP contribution in [0.1, 0.15) is 47.7 Å². The minimum absolute atomic E-state index is 0.108. The van der Waals surface area contributed by atoms with Gasteiger partial charge in [-0.05, 0) is 55.6 Å². The largest absolute Gasteiger partial charge is 0.486 e. The molecule has 28 heavy (non-hydrogen) atoms. The van der Waals surface area contributed by atoms with Gasteiger partial charge in [0.1, 0.15) is 13.2 Å². The molecule has 1 unspecified atom stereocenters. The molecule has 0 bridgehead atoms. The van der Waals surface area contributed by atoms with Gasteiger partial charge in [0.2, 0.25) is 0 Å². The second-order valence-corrected chi connectivity index (χ2v) is 7.67. The normalized spacial score (nSPS) is 19.2. The van der Waals surface area contributed by atoms with Gasteiger partial charge in [0.25, 0.3) is 5.91 Å². The molecule has 1 atom stereocenters. The van der Waals surface area contributed by atoms with E-state index in [-0.39, 0.29) is 5.91 Å². The van der Waals surface area contributed by atoms with Gasteiger partial charge in [-0.1, -0.05) is 30.7 Å². The minimum atomic E-state index is -0.108. The summed E-state index contributed by atoms with van der Waals surface area (Å²) in [7, 11) is 0. The molecule has 0 aromatic heterocycles. The third-order valence-corrected chi connectivity index (χ3v) is 5.61. The molecule has 0 aliphatic carbocycles. The fraction of sp³-hybridized carbons (Fsp3) is 0.435. The number of carbonyl (C=O) groups is 1. The lowest BCUT2D eigenvalue weighted by molar-refractivity contribution is 0.0949. The Balaban J connectivity index is 1.31. The maximum Gasteiger partial charge on any atom is 0.251 e. The predicted molar refractivity (Wildman–Crippen MR) is 109 cm³/mol. The molecule has 0 radical (unpaired) electrons. The van der Waals surface area contributed by atoms with Crippen molar-refractivity contribution in [2.75, 3.05) is 19.8 Å². The third kappa shape index (κ3) is 4.47. The first-order chi connectivity index (χ1) is 13.7. The Bertz CT molecular complexity index is 819. The van der Waals surface area contributed by atoms with Crippen molar-refractivity contribution in [1.29, 1.82) is 0 Å². The van der Waals surface area contributed by atoms with E-state index in [4.69, 9.17) is 9.47 Å². The Morgan fingerprint density at radius 1 is 1.04 bits per heavy atom. The number of rotatable bonds is 5. The summed E-state index contributed by atoms with van der Waals surface area (Å²) >= 11 is 0. The van der Waals surface area contributed by atoms with Crippen LogP contribution in [0.15, 0.2) is 42.5 Å². The first-order valence-corrected chi connectivity index (χ1v) is 10.2. The Labute approximate surface area is 166 Å². The van der Waals surface area contributed by atoms with Gasteiger partial charge in [-0.15, -0.1) is 0 Å². The number of hydrogen-bond acceptors (Lipinski definition) is 4. The van der Waals surface area contributed by atoms with Crippen LogP contribution >= 0.6 is 0 Å². The number of benzene rings is 2. The van der Waals surface area contributed by atoms with Crippen molar-refractivity contribution in [1.82, 2.24) is 10.2 Å². The topological polar surface area (TPSA) is 50.8 Å². The number of fused-ring (bicyclic) bond motifs is 1. The maximum atomic E-state index is 12.5. The molecular formula is C23H28N2O3. The minimum Gasteiger partial charge on any atom is -0.486 e. The van der Waals surface area contributed by atoms with Crippen LogP contribution in [-0.2, 0) is 13.1 Å². The summed E-state index contributed by atoms with van der Waals surface area (Å²) in [5.74, 6) is 1.22. The fourth-order valence-corrected chi connectivity index (χ4v) is 3.86. The number of carbonyl (C=O) groups excluding carboxylic acids is 1. The van der Waals surface area contributed by atoms with Crippen LogP contribution in [0, 0.1) is 0 Å². The highest BCUT2D eigenvalue weighted by molar-refractivity contribution is 5.94. The van der Waals surface area contributed by atoms with Gasteiger partial charge in [-0.3, -0.25) is 9.69 Å². The monoisotopic (exact) mass is 380 g/mol. The maximum absolute atomic E-state index is 12.5. The summed E-state index contributed by atoms with van der Waals surface area (Å²) in [6.07, 6.45) is 3.94. The molecule has 1 saturated heterocycles. The van der Waals surface area contributed by atoms with Gasteiger partial charge < -0.3 is 14.8 Å². The standard InChI is InChI=1S/C23H28N2O3/c1-17-4-2-3-11-25(17)16-19-7-5-18(6-8-19)15-24-23(26)20-9-10-21-22(14-20)28-13-12-27-21/h5-10,14,17H,2-4,11-13,15-16H2,1H3,(H,24,26). The van der Waals surface area contributed by atoms with Gasteiger partial charge in [0.15, 0.2) is 11.5 Å². The smallest absolute Gasteiger partial charge is 0.251 e. The Morgan fingerprint density at radius 3 is 2.57 bits per heavy atom. The molecule has 5 heteroatoms. The highest BCUT2D eigenvalue weighted by atomic mass is 16.6. The first kappa shape index (κ1) is 18.8. The van der Waals surface area contributed by atoms with E-state index in [1.165, 1.54) is 31.4 Å². The van der Waals surface area contributed by atoms with Crippen LogP contribution in [-0.4, -0.2) is 36.6 Å². The van der Waals surface area contributed by atoms with E-state index in [2.05, 4.69) is 41.4 Å². The molecule has 4 rings (SSSR count). The summed E-state index contributed by atoms with van der Waals surface area (Å²) in [5.41, 5.74) is 3.01. The van der Waals surface area contributed by atoms with Crippen LogP contribution in [0.25, 0.3) is 0 Å². The highest BCUT2D eigenvalue weighted by Gasteiger charge is 2.18. The van der Waals surface area contributed by atoms with Crippen LogP contribution in [0.2, 0.25) is 0 Å². The van der Waals surface area contributed by atoms with Crippen molar-refractivity contribution in [3.8, 4) is 11.5 Å². The van der Waals surface area contributed by atoms with E-state index in [0.29, 0.717) is 42.9 Å². The van der Waals surface area contributed by atoms with Gasteiger partial charge in [0, 0.05) is 24.7 Å². The zero-order chi connectivity index (χ0) is 19.3. The van der Waals surface area contributed by atoms with Gasteiger partial charge in [-0.2, -0.15) is 0 Å². The molecule has 2 aromatic rings. The lowest BCUT2D eigenvalue weighted by Gasteiger charge is -2.33. The molecule has 5 nitrogen and oxygen atoms in total. The molecule has 2 aromatic carbocycles. The molecule has 1 fully saturated rings. The number of hydrogen-bond donors (Lipinski definition) is 1. The Morgan fingerprint density at radius 2 is 1.79 bits per heavy atom. The van der Waals surface area contributed by atoms with E-state index < -0.39 is 0 Å². The summed E-state index contributed by atoms with van der Waals surface area (Å²) in [6, 6.07) is 14.5. The molecule has 2 aliphatic heterocycles. The molecule has 0 saturated carbocycles. The Hall–Kier alpha value is -2.53. The highest BCUT2D eigenvalue weighted by Crippen LogP contribution is 2.30. The molecule has 1 N–H and O–H groups in total. The van der Waals surface area contributed by atoms with Crippen molar-refractivity contribution in [3.05, 3.63) is 59.2 Å².